The summed E-state index contributed by atoms with van der Waals surface area (Å²) in [5.74, 6) is -1.55. The maximum Gasteiger partial charge on any atom is 0.417 e. The van der Waals surface area contributed by atoms with Crippen LogP contribution in [0.5, 0.6) is 0 Å². The molecular weight excluding hydrogens is 427 g/mol. The lowest BCUT2D eigenvalue weighted by molar-refractivity contribution is -0.141. The van der Waals surface area contributed by atoms with Gasteiger partial charge in [-0.15, -0.1) is 0 Å². The number of nitriles is 1. The van der Waals surface area contributed by atoms with Crippen molar-refractivity contribution in [1.29, 1.82) is 5.26 Å². The van der Waals surface area contributed by atoms with Gasteiger partial charge in [-0.2, -0.15) is 18.4 Å². The number of alkyl halides is 3. The zero-order chi connectivity index (χ0) is 23.1. The second-order valence-corrected chi connectivity index (χ2v) is 9.09. The predicted molar refractivity (Wildman–Crippen MR) is 104 cm³/mol. The Bertz CT molecular complexity index is 1050. The first-order valence-corrected chi connectivity index (χ1v) is 10.6. The molecule has 0 saturated carbocycles. The summed E-state index contributed by atoms with van der Waals surface area (Å²) in [4.78, 5) is 27.0. The number of nitrogens with zero attached hydrogens (tertiary/aromatic N) is 2. The minimum atomic E-state index is -4.74. The molecule has 1 aromatic rings. The van der Waals surface area contributed by atoms with Gasteiger partial charge in [-0.05, 0) is 25.1 Å². The van der Waals surface area contributed by atoms with Gasteiger partial charge in [0.05, 0.1) is 47.0 Å². The Hall–Kier alpha value is -2.64. The van der Waals surface area contributed by atoms with Gasteiger partial charge in [0, 0.05) is 30.9 Å². The quantitative estimate of drug-likeness (QED) is 0.766. The molecule has 10 heteroatoms. The zero-order valence-electron chi connectivity index (χ0n) is 17.5. The van der Waals surface area contributed by atoms with Gasteiger partial charge >= 0.3 is 6.18 Å². The minimum Gasteiger partial charge on any atom is -0.365 e. The van der Waals surface area contributed by atoms with Gasteiger partial charge in [0.15, 0.2) is 0 Å². The minimum absolute atomic E-state index is 0.0370. The van der Waals surface area contributed by atoms with Crippen LogP contribution in [0.25, 0.3) is 0 Å². The Labute approximate surface area is 182 Å². The largest absolute Gasteiger partial charge is 0.417 e. The first-order valence-electron chi connectivity index (χ1n) is 10.6. The molecular formula is C22H22F3N3O4. The topological polar surface area (TPSA) is 91.7 Å². The molecule has 0 aromatic heterocycles. The second kappa shape index (κ2) is 6.68. The Kier molecular flexibility index (Phi) is 4.43. The first-order chi connectivity index (χ1) is 15.1. The number of ether oxygens (including phenoxy) is 2. The highest BCUT2D eigenvalue weighted by Crippen LogP contribution is 2.65. The van der Waals surface area contributed by atoms with Crippen molar-refractivity contribution in [1.82, 2.24) is 5.32 Å². The molecule has 32 heavy (non-hydrogen) atoms. The van der Waals surface area contributed by atoms with Crippen LogP contribution in [0, 0.1) is 23.2 Å². The fourth-order valence-corrected chi connectivity index (χ4v) is 6.13. The zero-order valence-corrected chi connectivity index (χ0v) is 17.5. The fourth-order valence-electron chi connectivity index (χ4n) is 6.13. The molecule has 2 bridgehead atoms. The SMILES string of the molecule is CCC(=O)N[C@H]1C[C@@]23CCO[C@H]4[C@@H]2[C@H](C(=O)N4c2ccc(C#N)c(C(F)(F)F)c2)[C@@]1(C)O3. The molecule has 4 heterocycles. The van der Waals surface area contributed by atoms with Crippen LogP contribution in [-0.4, -0.2) is 41.9 Å². The standard InChI is InChI=1S/C22H22F3N3O4/c1-3-15(29)27-14-9-21-6-7-31-19-17(21)16(20(14,2)32-21)18(30)28(19)12-5-4-11(10-26)13(8-12)22(23,24)25/h4-5,8,14,16-17,19H,3,6-7,9H2,1-2H3,(H,27,29)/t14-,16+,17-,19-,20-,21-/m0/s1. The van der Waals surface area contributed by atoms with Crippen molar-refractivity contribution in [2.24, 2.45) is 11.8 Å². The smallest absolute Gasteiger partial charge is 0.365 e. The third-order valence-corrected chi connectivity index (χ3v) is 7.49. The number of hydrogen-bond donors (Lipinski definition) is 1. The molecule has 7 nitrogen and oxygen atoms in total. The lowest BCUT2D eigenvalue weighted by atomic mass is 9.64. The number of halogens is 3. The maximum absolute atomic E-state index is 13.6. The molecule has 4 aliphatic rings. The van der Waals surface area contributed by atoms with Gasteiger partial charge in [0.2, 0.25) is 11.8 Å². The average molecular weight is 449 g/mol. The van der Waals surface area contributed by atoms with E-state index in [0.29, 0.717) is 19.3 Å². The molecule has 6 atom stereocenters. The van der Waals surface area contributed by atoms with Crippen molar-refractivity contribution in [3.05, 3.63) is 29.3 Å². The molecule has 0 unspecified atom stereocenters. The van der Waals surface area contributed by atoms with E-state index < -0.39 is 40.7 Å². The maximum atomic E-state index is 13.6. The van der Waals surface area contributed by atoms with E-state index in [9.17, 15) is 22.8 Å². The second-order valence-electron chi connectivity index (χ2n) is 9.09. The van der Waals surface area contributed by atoms with Gasteiger partial charge in [-0.25, -0.2) is 0 Å². The Balaban J connectivity index is 1.57. The molecule has 4 fully saturated rings. The number of benzene rings is 1. The molecule has 170 valence electrons. The van der Waals surface area contributed by atoms with Gasteiger partial charge < -0.3 is 14.8 Å². The van der Waals surface area contributed by atoms with E-state index in [0.717, 1.165) is 12.1 Å². The lowest BCUT2D eigenvalue weighted by Crippen LogP contribution is -2.57. The molecule has 4 aliphatic heterocycles. The summed E-state index contributed by atoms with van der Waals surface area (Å²) in [6.45, 7) is 3.82. The number of fused-ring (bicyclic) bond motifs is 2. The van der Waals surface area contributed by atoms with Crippen LogP contribution >= 0.6 is 0 Å². The van der Waals surface area contributed by atoms with Crippen LogP contribution in [0.2, 0.25) is 0 Å². The molecule has 4 saturated heterocycles. The number of rotatable bonds is 3. The number of amides is 2. The van der Waals surface area contributed by atoms with Crippen LogP contribution in [0.4, 0.5) is 18.9 Å². The van der Waals surface area contributed by atoms with Gasteiger partial charge in [-0.3, -0.25) is 14.5 Å². The van der Waals surface area contributed by atoms with Crippen LogP contribution in [-0.2, 0) is 25.2 Å². The molecule has 0 radical (unpaired) electrons. The Morgan fingerprint density at radius 2 is 2.16 bits per heavy atom. The summed E-state index contributed by atoms with van der Waals surface area (Å²) in [5.41, 5.74) is -3.22. The number of carbonyl (C=O) groups excluding carboxylic acids is 2. The van der Waals surface area contributed by atoms with Crippen LogP contribution in [0.15, 0.2) is 18.2 Å². The molecule has 1 aromatic carbocycles. The summed E-state index contributed by atoms with van der Waals surface area (Å²) in [6.07, 6.45) is -4.14. The summed E-state index contributed by atoms with van der Waals surface area (Å²) in [7, 11) is 0. The van der Waals surface area contributed by atoms with Crippen molar-refractivity contribution >= 4 is 17.5 Å². The third kappa shape index (κ3) is 2.67. The summed E-state index contributed by atoms with van der Waals surface area (Å²) >= 11 is 0. The molecule has 2 amide bonds. The van der Waals surface area contributed by atoms with Crippen LogP contribution < -0.4 is 10.2 Å². The highest BCUT2D eigenvalue weighted by molar-refractivity contribution is 6.00. The van der Waals surface area contributed by atoms with Crippen molar-refractivity contribution in [3.8, 4) is 6.07 Å². The van der Waals surface area contributed by atoms with E-state index >= 15 is 0 Å². The molecule has 0 aliphatic carbocycles. The molecule has 5 rings (SSSR count). The fraction of sp³-hybridized carbons (Fsp3) is 0.591. The number of nitrogens with one attached hydrogen (secondary N) is 1. The van der Waals surface area contributed by atoms with E-state index in [-0.39, 0.29) is 36.1 Å². The normalized spacial score (nSPS) is 37.4. The van der Waals surface area contributed by atoms with E-state index in [1.54, 1.807) is 19.9 Å². The summed E-state index contributed by atoms with van der Waals surface area (Å²) in [5, 5.41) is 12.1. The average Bonchev–Trinajstić information content (AvgIpc) is 3.30. The van der Waals surface area contributed by atoms with Gasteiger partial charge in [0.25, 0.3) is 0 Å². The Morgan fingerprint density at radius 1 is 1.41 bits per heavy atom. The van der Waals surface area contributed by atoms with Gasteiger partial charge in [-0.1, -0.05) is 6.92 Å². The number of carbonyl (C=O) groups is 2. The van der Waals surface area contributed by atoms with Crippen LogP contribution in [0.3, 0.4) is 0 Å². The van der Waals surface area contributed by atoms with Crippen molar-refractivity contribution in [2.75, 3.05) is 11.5 Å². The van der Waals surface area contributed by atoms with E-state index in [2.05, 4.69) is 5.32 Å². The van der Waals surface area contributed by atoms with E-state index in [1.165, 1.54) is 11.0 Å². The van der Waals surface area contributed by atoms with Crippen LogP contribution in [0.1, 0.15) is 44.2 Å². The van der Waals surface area contributed by atoms with Crippen molar-refractivity contribution in [2.45, 2.75) is 62.8 Å². The Morgan fingerprint density at radius 3 is 2.81 bits per heavy atom. The van der Waals surface area contributed by atoms with E-state index in [4.69, 9.17) is 14.7 Å². The molecule has 1 spiro atoms. The monoisotopic (exact) mass is 449 g/mol. The number of hydrogen-bond acceptors (Lipinski definition) is 5. The predicted octanol–water partition coefficient (Wildman–Crippen LogP) is 2.73. The lowest BCUT2D eigenvalue weighted by Gasteiger charge is -2.43. The van der Waals surface area contributed by atoms with Crippen molar-refractivity contribution < 1.29 is 32.2 Å². The highest BCUT2D eigenvalue weighted by Gasteiger charge is 2.78. The summed E-state index contributed by atoms with van der Waals surface area (Å²) < 4.78 is 53.0. The number of anilines is 1. The molecule has 1 N–H and O–H groups in total. The first kappa shape index (κ1) is 21.2. The third-order valence-electron chi connectivity index (χ3n) is 7.49. The van der Waals surface area contributed by atoms with Gasteiger partial charge in [0.1, 0.15) is 6.23 Å². The van der Waals surface area contributed by atoms with Crippen molar-refractivity contribution in [3.63, 3.8) is 0 Å². The van der Waals surface area contributed by atoms with E-state index in [1.807, 2.05) is 0 Å². The highest BCUT2D eigenvalue weighted by atomic mass is 19.4. The summed E-state index contributed by atoms with van der Waals surface area (Å²) in [6, 6.07) is 4.45.